The number of halogens is 3. The molecule has 0 fully saturated rings. The van der Waals surface area contributed by atoms with E-state index in [0.29, 0.717) is 43.1 Å². The first-order valence-corrected chi connectivity index (χ1v) is 10.4. The summed E-state index contributed by atoms with van der Waals surface area (Å²) >= 11 is 9.69. The van der Waals surface area contributed by atoms with E-state index in [0.717, 1.165) is 0 Å². The Morgan fingerprint density at radius 1 is 1.23 bits per heavy atom. The van der Waals surface area contributed by atoms with Gasteiger partial charge >= 0.3 is 0 Å². The third kappa shape index (κ3) is 3.37. The summed E-state index contributed by atoms with van der Waals surface area (Å²) in [4.78, 5) is 30.0. The number of rotatable bonds is 3. The number of nitrogens with zero attached hydrogens (tertiary/aromatic N) is 2. The number of carbonyl (C=O) groups excluding carboxylic acids is 2. The van der Waals surface area contributed by atoms with Crippen LogP contribution in [0.4, 0.5) is 10.1 Å². The topological polar surface area (TPSA) is 75.5 Å². The van der Waals surface area contributed by atoms with Crippen LogP contribution in [-0.4, -0.2) is 21.2 Å². The maximum atomic E-state index is 13.9. The lowest BCUT2D eigenvalue weighted by atomic mass is 9.96. The Morgan fingerprint density at radius 3 is 2.90 bits per heavy atom. The fraction of sp³-hybridized carbons (Fsp3) is 0.0455. The molecule has 1 unspecified atom stereocenters. The molecule has 2 N–H and O–H groups in total. The van der Waals surface area contributed by atoms with Gasteiger partial charge in [-0.15, -0.1) is 0 Å². The Labute approximate surface area is 189 Å². The van der Waals surface area contributed by atoms with Crippen LogP contribution in [0.1, 0.15) is 37.9 Å². The molecular formula is C22H13BrClFN4O2. The van der Waals surface area contributed by atoms with Gasteiger partial charge in [0.05, 0.1) is 11.6 Å². The summed E-state index contributed by atoms with van der Waals surface area (Å²) in [6, 6.07) is 10.0. The number of anilines is 1. The minimum atomic E-state index is -0.712. The second-order valence-corrected chi connectivity index (χ2v) is 8.34. The van der Waals surface area contributed by atoms with Crippen molar-refractivity contribution in [1.82, 2.24) is 14.7 Å². The Kier molecular flexibility index (Phi) is 4.75. The van der Waals surface area contributed by atoms with E-state index in [1.165, 1.54) is 18.2 Å². The molecule has 9 heteroatoms. The Balaban J connectivity index is 1.62. The second kappa shape index (κ2) is 7.47. The lowest BCUT2D eigenvalue weighted by Gasteiger charge is -2.18. The Bertz CT molecular complexity index is 1390. The van der Waals surface area contributed by atoms with Gasteiger partial charge in [0.2, 0.25) is 0 Å². The molecular weight excluding hydrogens is 487 g/mol. The summed E-state index contributed by atoms with van der Waals surface area (Å²) in [7, 11) is 0. The lowest BCUT2D eigenvalue weighted by Crippen LogP contribution is -2.21. The van der Waals surface area contributed by atoms with Crippen LogP contribution < -0.4 is 10.6 Å². The Morgan fingerprint density at radius 2 is 2.06 bits per heavy atom. The molecule has 2 aromatic heterocycles. The van der Waals surface area contributed by atoms with Gasteiger partial charge in [-0.05, 0) is 42.5 Å². The molecule has 0 bridgehead atoms. The zero-order valence-electron chi connectivity index (χ0n) is 15.7. The number of hydrogen-bond donors (Lipinski definition) is 2. The summed E-state index contributed by atoms with van der Waals surface area (Å²) in [6.45, 7) is 0. The molecule has 5 rings (SSSR count). The normalized spacial score (nSPS) is 15.1. The highest BCUT2D eigenvalue weighted by Gasteiger charge is 2.34. The average Bonchev–Trinajstić information content (AvgIpc) is 3.34. The number of benzene rings is 2. The third-order valence-electron chi connectivity index (χ3n) is 5.13. The van der Waals surface area contributed by atoms with Gasteiger partial charge < -0.3 is 15.0 Å². The number of aromatic nitrogens is 2. The van der Waals surface area contributed by atoms with Crippen molar-refractivity contribution in [2.45, 2.75) is 6.04 Å². The van der Waals surface area contributed by atoms with E-state index >= 15 is 0 Å². The minimum absolute atomic E-state index is 0.307. The van der Waals surface area contributed by atoms with E-state index in [9.17, 15) is 14.0 Å². The van der Waals surface area contributed by atoms with Crippen LogP contribution in [0, 0.1) is 5.82 Å². The smallest absolute Gasteiger partial charge is 0.259 e. The van der Waals surface area contributed by atoms with Crippen LogP contribution in [0.2, 0.25) is 5.02 Å². The summed E-state index contributed by atoms with van der Waals surface area (Å²) in [5.74, 6) is -1.20. The number of carbonyl (C=O) groups is 2. The molecule has 3 heterocycles. The van der Waals surface area contributed by atoms with E-state index in [1.54, 1.807) is 47.3 Å². The molecule has 154 valence electrons. The van der Waals surface area contributed by atoms with E-state index < -0.39 is 11.9 Å². The molecule has 0 aliphatic carbocycles. The molecule has 1 aliphatic heterocycles. The standard InChI is InChI=1S/C22H13BrClFN4O2/c23-11-8-15-18(19(28-22(15)31)14-10-12(25)3-4-16(14)24)17(9-11)27-21(30)13-2-1-6-29-7-5-26-20(13)29/h1-10,19H,(H,27,30)(H,28,31). The van der Waals surface area contributed by atoms with Crippen molar-refractivity contribution in [1.29, 1.82) is 0 Å². The van der Waals surface area contributed by atoms with E-state index in [1.807, 2.05) is 0 Å². The monoisotopic (exact) mass is 498 g/mol. The van der Waals surface area contributed by atoms with Gasteiger partial charge in [0.15, 0.2) is 0 Å². The molecule has 0 spiro atoms. The first kappa shape index (κ1) is 19.7. The van der Waals surface area contributed by atoms with Crippen LogP contribution in [0.3, 0.4) is 0 Å². The maximum Gasteiger partial charge on any atom is 0.259 e. The molecule has 2 amide bonds. The van der Waals surface area contributed by atoms with Gasteiger partial charge in [-0.25, -0.2) is 9.37 Å². The fourth-order valence-corrected chi connectivity index (χ4v) is 4.47. The number of imidazole rings is 1. The van der Waals surface area contributed by atoms with Gasteiger partial charge in [-0.1, -0.05) is 27.5 Å². The molecule has 1 aliphatic rings. The van der Waals surface area contributed by atoms with Crippen LogP contribution in [0.15, 0.2) is 65.5 Å². The Hall–Kier alpha value is -3.23. The summed E-state index contributed by atoms with van der Waals surface area (Å²) in [6.07, 6.45) is 5.14. The molecule has 0 radical (unpaired) electrons. The highest BCUT2D eigenvalue weighted by molar-refractivity contribution is 9.10. The van der Waals surface area contributed by atoms with Gasteiger partial charge in [0.25, 0.3) is 11.8 Å². The first-order valence-electron chi connectivity index (χ1n) is 9.24. The third-order valence-corrected chi connectivity index (χ3v) is 5.94. The van der Waals surface area contributed by atoms with E-state index in [-0.39, 0.29) is 11.8 Å². The van der Waals surface area contributed by atoms with Crippen LogP contribution in [0.5, 0.6) is 0 Å². The summed E-state index contributed by atoms with van der Waals surface area (Å²) in [5, 5.41) is 6.02. The van der Waals surface area contributed by atoms with Crippen molar-refractivity contribution in [3.05, 3.63) is 98.6 Å². The summed E-state index contributed by atoms with van der Waals surface area (Å²) < 4.78 is 16.3. The van der Waals surface area contributed by atoms with E-state index in [2.05, 4.69) is 31.5 Å². The number of fused-ring (bicyclic) bond motifs is 2. The molecule has 0 saturated carbocycles. The zero-order chi connectivity index (χ0) is 21.7. The molecule has 0 saturated heterocycles. The van der Waals surface area contributed by atoms with Crippen LogP contribution >= 0.6 is 27.5 Å². The molecule has 4 aromatic rings. The van der Waals surface area contributed by atoms with Crippen molar-refractivity contribution in [2.24, 2.45) is 0 Å². The van der Waals surface area contributed by atoms with Crippen molar-refractivity contribution >= 4 is 50.7 Å². The quantitative estimate of drug-likeness (QED) is 0.418. The predicted octanol–water partition coefficient (Wildman–Crippen LogP) is 4.97. The van der Waals surface area contributed by atoms with Gasteiger partial charge in [-0.3, -0.25) is 9.59 Å². The van der Waals surface area contributed by atoms with Gasteiger partial charge in [0.1, 0.15) is 11.5 Å². The highest BCUT2D eigenvalue weighted by Crippen LogP contribution is 2.41. The second-order valence-electron chi connectivity index (χ2n) is 7.02. The zero-order valence-corrected chi connectivity index (χ0v) is 18.0. The van der Waals surface area contributed by atoms with Crippen molar-refractivity contribution in [2.75, 3.05) is 5.32 Å². The van der Waals surface area contributed by atoms with E-state index in [4.69, 9.17) is 11.6 Å². The van der Waals surface area contributed by atoms with Gasteiger partial charge in [-0.2, -0.15) is 0 Å². The maximum absolute atomic E-state index is 13.9. The van der Waals surface area contributed by atoms with Crippen LogP contribution in [0.25, 0.3) is 5.65 Å². The fourth-order valence-electron chi connectivity index (χ4n) is 3.79. The molecule has 2 aromatic carbocycles. The van der Waals surface area contributed by atoms with Crippen molar-refractivity contribution < 1.29 is 14.0 Å². The number of nitrogens with one attached hydrogen (secondary N) is 2. The van der Waals surface area contributed by atoms with Crippen LogP contribution in [-0.2, 0) is 0 Å². The number of hydrogen-bond acceptors (Lipinski definition) is 3. The number of pyridine rings is 1. The van der Waals surface area contributed by atoms with Gasteiger partial charge in [0, 0.05) is 50.5 Å². The highest BCUT2D eigenvalue weighted by atomic mass is 79.9. The molecule has 6 nitrogen and oxygen atoms in total. The predicted molar refractivity (Wildman–Crippen MR) is 118 cm³/mol. The average molecular weight is 500 g/mol. The lowest BCUT2D eigenvalue weighted by molar-refractivity contribution is 0.0959. The minimum Gasteiger partial charge on any atom is -0.341 e. The molecule has 1 atom stereocenters. The SMILES string of the molecule is O=C1NC(c2cc(F)ccc2Cl)c2c(NC(=O)c3cccn4ccnc34)cc(Br)cc21. The van der Waals surface area contributed by atoms with Crippen molar-refractivity contribution in [3.8, 4) is 0 Å². The first-order chi connectivity index (χ1) is 14.9. The van der Waals surface area contributed by atoms with Crippen molar-refractivity contribution in [3.63, 3.8) is 0 Å². The summed E-state index contributed by atoms with van der Waals surface area (Å²) in [5.41, 5.74) is 2.58. The number of amides is 2. The molecule has 31 heavy (non-hydrogen) atoms. The largest absolute Gasteiger partial charge is 0.341 e.